The van der Waals surface area contributed by atoms with Crippen LogP contribution in [0.2, 0.25) is 0 Å². The van der Waals surface area contributed by atoms with Crippen molar-refractivity contribution in [1.82, 2.24) is 10.2 Å². The molecule has 0 saturated carbocycles. The van der Waals surface area contributed by atoms with Crippen LogP contribution in [-0.4, -0.2) is 29.9 Å². The fraction of sp³-hybridized carbons (Fsp3) is 0.533. The number of nitrogens with two attached hydrogens (primary N) is 1. The number of carbonyl (C=O) groups excluding carboxylic acids is 1. The zero-order valence-corrected chi connectivity index (χ0v) is 14.8. The number of benzene rings is 1. The third kappa shape index (κ3) is 8.27. The number of hydrogen-bond donors (Lipinski definition) is 2. The molecular formula is C15H27Cl2N3O. The van der Waals surface area contributed by atoms with Gasteiger partial charge in [0.25, 0.3) is 0 Å². The molecule has 0 aliphatic heterocycles. The summed E-state index contributed by atoms with van der Waals surface area (Å²) >= 11 is 0. The average molecular weight is 336 g/mol. The lowest BCUT2D eigenvalue weighted by Crippen LogP contribution is -2.48. The highest BCUT2D eigenvalue weighted by molar-refractivity contribution is 5.85. The number of hydrogen-bond acceptors (Lipinski definition) is 3. The molecular weight excluding hydrogens is 309 g/mol. The lowest BCUT2D eigenvalue weighted by molar-refractivity contribution is -0.125. The van der Waals surface area contributed by atoms with Gasteiger partial charge in [-0.2, -0.15) is 0 Å². The summed E-state index contributed by atoms with van der Waals surface area (Å²) in [5.74, 6) is -0.136. The highest BCUT2D eigenvalue weighted by Crippen LogP contribution is 2.08. The maximum Gasteiger partial charge on any atom is 0.239 e. The fourth-order valence-corrected chi connectivity index (χ4v) is 1.67. The van der Waals surface area contributed by atoms with Crippen LogP contribution >= 0.6 is 24.8 Å². The zero-order valence-electron chi connectivity index (χ0n) is 13.2. The molecule has 0 fully saturated rings. The molecule has 0 aliphatic carbocycles. The van der Waals surface area contributed by atoms with Crippen LogP contribution in [0.3, 0.4) is 0 Å². The third-order valence-corrected chi connectivity index (χ3v) is 3.02. The number of carbonyl (C=O) groups is 1. The van der Waals surface area contributed by atoms with Gasteiger partial charge in [0, 0.05) is 13.1 Å². The van der Waals surface area contributed by atoms with E-state index in [1.807, 2.05) is 12.1 Å². The van der Waals surface area contributed by atoms with Crippen molar-refractivity contribution >= 4 is 30.7 Å². The number of halogens is 2. The molecule has 1 amide bonds. The lowest BCUT2D eigenvalue weighted by atomic mass is 10.1. The summed E-state index contributed by atoms with van der Waals surface area (Å²) in [4.78, 5) is 13.9. The Balaban J connectivity index is 0. The Hall–Kier alpha value is -0.810. The highest BCUT2D eigenvalue weighted by Gasteiger charge is 2.20. The summed E-state index contributed by atoms with van der Waals surface area (Å²) < 4.78 is 0. The molecule has 1 rings (SSSR count). The Bertz CT molecular complexity index is 433. The second-order valence-corrected chi connectivity index (χ2v) is 5.55. The van der Waals surface area contributed by atoms with Crippen LogP contribution < -0.4 is 11.1 Å². The van der Waals surface area contributed by atoms with E-state index in [0.717, 1.165) is 18.7 Å². The first-order valence-corrected chi connectivity index (χ1v) is 6.66. The molecule has 6 heteroatoms. The minimum atomic E-state index is -0.833. The van der Waals surface area contributed by atoms with Crippen LogP contribution in [-0.2, 0) is 17.9 Å². The van der Waals surface area contributed by atoms with Crippen molar-refractivity contribution in [3.63, 3.8) is 0 Å². The number of amides is 1. The summed E-state index contributed by atoms with van der Waals surface area (Å²) in [5.41, 5.74) is 7.25. The van der Waals surface area contributed by atoms with E-state index in [0.29, 0.717) is 6.54 Å². The van der Waals surface area contributed by atoms with Crippen molar-refractivity contribution in [1.29, 1.82) is 0 Å². The quantitative estimate of drug-likeness (QED) is 0.838. The van der Waals surface area contributed by atoms with E-state index >= 15 is 0 Å². The molecule has 4 nitrogen and oxygen atoms in total. The predicted molar refractivity (Wildman–Crippen MR) is 93.1 cm³/mol. The smallest absolute Gasteiger partial charge is 0.239 e. The van der Waals surface area contributed by atoms with Crippen molar-refractivity contribution in [3.05, 3.63) is 35.4 Å². The van der Waals surface area contributed by atoms with Gasteiger partial charge in [-0.15, -0.1) is 24.8 Å². The summed E-state index contributed by atoms with van der Waals surface area (Å²) in [6, 6.07) is 8.26. The highest BCUT2D eigenvalue weighted by atomic mass is 35.5. The zero-order chi connectivity index (χ0) is 14.5. The van der Waals surface area contributed by atoms with Crippen molar-refractivity contribution < 1.29 is 4.79 Å². The van der Waals surface area contributed by atoms with Crippen LogP contribution in [0, 0.1) is 0 Å². The Morgan fingerprint density at radius 3 is 2.38 bits per heavy atom. The molecule has 0 aromatic heterocycles. The molecule has 0 aliphatic rings. The maximum absolute atomic E-state index is 11.7. The summed E-state index contributed by atoms with van der Waals surface area (Å²) in [7, 11) is 2.09. The molecule has 0 unspecified atom stereocenters. The van der Waals surface area contributed by atoms with Gasteiger partial charge < -0.3 is 16.0 Å². The Labute approximate surface area is 140 Å². The van der Waals surface area contributed by atoms with Gasteiger partial charge in [0.15, 0.2) is 0 Å². The fourth-order valence-electron chi connectivity index (χ4n) is 1.67. The Morgan fingerprint density at radius 1 is 1.29 bits per heavy atom. The van der Waals surface area contributed by atoms with Gasteiger partial charge in [-0.3, -0.25) is 4.79 Å². The molecule has 122 valence electrons. The molecule has 21 heavy (non-hydrogen) atoms. The summed E-state index contributed by atoms with van der Waals surface area (Å²) in [6.45, 7) is 7.99. The van der Waals surface area contributed by atoms with E-state index in [1.165, 1.54) is 5.56 Å². The molecule has 3 N–H and O–H groups in total. The predicted octanol–water partition coefficient (Wildman–Crippen LogP) is 2.34. The minimum absolute atomic E-state index is 0. The van der Waals surface area contributed by atoms with E-state index in [4.69, 9.17) is 5.73 Å². The van der Waals surface area contributed by atoms with Crippen LogP contribution in [0.5, 0.6) is 0 Å². The van der Waals surface area contributed by atoms with Crippen molar-refractivity contribution in [2.75, 3.05) is 13.6 Å². The monoisotopic (exact) mass is 335 g/mol. The topological polar surface area (TPSA) is 58.4 Å². The second kappa shape index (κ2) is 10.0. The lowest BCUT2D eigenvalue weighted by Gasteiger charge is -2.18. The minimum Gasteiger partial charge on any atom is -0.350 e. The van der Waals surface area contributed by atoms with Gasteiger partial charge in [0.05, 0.1) is 5.54 Å². The third-order valence-electron chi connectivity index (χ3n) is 3.02. The van der Waals surface area contributed by atoms with Crippen molar-refractivity contribution in [2.45, 2.75) is 39.4 Å². The first kappa shape index (κ1) is 22.5. The first-order valence-electron chi connectivity index (χ1n) is 6.66. The van der Waals surface area contributed by atoms with E-state index in [9.17, 15) is 4.79 Å². The van der Waals surface area contributed by atoms with Crippen LogP contribution in [0.4, 0.5) is 0 Å². The van der Waals surface area contributed by atoms with E-state index in [-0.39, 0.29) is 30.7 Å². The molecule has 1 aromatic rings. The first-order chi connectivity index (χ1) is 8.82. The SMILES string of the molecule is CCN(C)Cc1cccc(CNC(=O)C(C)(C)N)c1.Cl.Cl. The number of nitrogens with zero attached hydrogens (tertiary/aromatic N) is 1. The largest absolute Gasteiger partial charge is 0.350 e. The number of rotatable bonds is 6. The van der Waals surface area contributed by atoms with E-state index in [1.54, 1.807) is 13.8 Å². The molecule has 0 saturated heterocycles. The molecule has 0 atom stereocenters. The molecule has 0 spiro atoms. The molecule has 0 bridgehead atoms. The van der Waals surface area contributed by atoms with Gasteiger partial charge in [0.1, 0.15) is 0 Å². The summed E-state index contributed by atoms with van der Waals surface area (Å²) in [5, 5.41) is 2.86. The molecule has 1 aromatic carbocycles. The standard InChI is InChI=1S/C15H25N3O.2ClH/c1-5-18(4)11-13-8-6-7-12(9-13)10-17-14(19)15(2,3)16;;/h6-9H,5,10-11,16H2,1-4H3,(H,17,19);2*1H. The summed E-state index contributed by atoms with van der Waals surface area (Å²) in [6.07, 6.45) is 0. The van der Waals surface area contributed by atoms with Gasteiger partial charge in [0.2, 0.25) is 5.91 Å². The van der Waals surface area contributed by atoms with Crippen molar-refractivity contribution in [3.8, 4) is 0 Å². The van der Waals surface area contributed by atoms with Crippen LogP contribution in [0.1, 0.15) is 31.9 Å². The van der Waals surface area contributed by atoms with Crippen LogP contribution in [0.15, 0.2) is 24.3 Å². The van der Waals surface area contributed by atoms with Gasteiger partial charge in [-0.1, -0.05) is 31.2 Å². The molecule has 0 radical (unpaired) electrons. The van der Waals surface area contributed by atoms with Crippen molar-refractivity contribution in [2.24, 2.45) is 5.73 Å². The Kier molecular flexibility index (Phi) is 10.7. The van der Waals surface area contributed by atoms with Gasteiger partial charge in [-0.05, 0) is 38.6 Å². The van der Waals surface area contributed by atoms with Crippen LogP contribution in [0.25, 0.3) is 0 Å². The average Bonchev–Trinajstić information content (AvgIpc) is 2.35. The second-order valence-electron chi connectivity index (χ2n) is 5.55. The normalized spacial score (nSPS) is 10.6. The Morgan fingerprint density at radius 2 is 1.86 bits per heavy atom. The van der Waals surface area contributed by atoms with E-state index in [2.05, 4.69) is 36.3 Å². The van der Waals surface area contributed by atoms with Gasteiger partial charge >= 0.3 is 0 Å². The van der Waals surface area contributed by atoms with Gasteiger partial charge in [-0.25, -0.2) is 0 Å². The number of nitrogens with one attached hydrogen (secondary N) is 1. The maximum atomic E-state index is 11.7. The van der Waals surface area contributed by atoms with E-state index < -0.39 is 5.54 Å². The molecule has 0 heterocycles.